The van der Waals surface area contributed by atoms with E-state index in [4.69, 9.17) is 19.9 Å². The fourth-order valence-corrected chi connectivity index (χ4v) is 1.68. The van der Waals surface area contributed by atoms with Crippen LogP contribution in [0.4, 0.5) is 13.2 Å². The molecule has 0 amide bonds. The van der Waals surface area contributed by atoms with Crippen molar-refractivity contribution < 1.29 is 27.4 Å². The van der Waals surface area contributed by atoms with Crippen molar-refractivity contribution in [3.05, 3.63) is 17.7 Å². The predicted octanol–water partition coefficient (Wildman–Crippen LogP) is 3.09. The van der Waals surface area contributed by atoms with Crippen LogP contribution >= 0.6 is 12.4 Å². The molecule has 1 atom stereocenters. The van der Waals surface area contributed by atoms with Crippen molar-refractivity contribution in [1.82, 2.24) is 0 Å². The molecule has 0 heterocycles. The molecule has 0 aliphatic heterocycles. The number of nitrogens with two attached hydrogens (primary N) is 1. The Bertz CT molecular complexity index is 415. The fraction of sp³-hybridized carbons (Fsp3) is 0.500. The minimum Gasteiger partial charge on any atom is -0.493 e. The van der Waals surface area contributed by atoms with Gasteiger partial charge in [-0.25, -0.2) is 0 Å². The van der Waals surface area contributed by atoms with E-state index in [1.807, 2.05) is 0 Å². The smallest absolute Gasteiger partial charge is 0.390 e. The normalized spacial score (nSPS) is 12.3. The second kappa shape index (κ2) is 7.44. The number of benzene rings is 1. The number of alkyl halides is 3. The van der Waals surface area contributed by atoms with Crippen molar-refractivity contribution in [2.24, 2.45) is 5.73 Å². The second-order valence-electron chi connectivity index (χ2n) is 3.88. The molecule has 1 rings (SSSR count). The molecule has 0 saturated carbocycles. The van der Waals surface area contributed by atoms with Gasteiger partial charge in [-0.15, -0.1) is 12.4 Å². The summed E-state index contributed by atoms with van der Waals surface area (Å²) in [5, 5.41) is 0. The quantitative estimate of drug-likeness (QED) is 0.907. The number of ether oxygens (including phenoxy) is 3. The Labute approximate surface area is 121 Å². The fourth-order valence-electron chi connectivity index (χ4n) is 1.68. The Morgan fingerprint density at radius 3 is 1.80 bits per heavy atom. The first kappa shape index (κ1) is 18.7. The highest BCUT2D eigenvalue weighted by atomic mass is 35.5. The molecule has 20 heavy (non-hydrogen) atoms. The Morgan fingerprint density at radius 1 is 1.05 bits per heavy atom. The third-order valence-electron chi connectivity index (χ3n) is 2.57. The van der Waals surface area contributed by atoms with Gasteiger partial charge in [0.2, 0.25) is 5.75 Å². The highest BCUT2D eigenvalue weighted by molar-refractivity contribution is 5.85. The van der Waals surface area contributed by atoms with Gasteiger partial charge < -0.3 is 19.9 Å². The van der Waals surface area contributed by atoms with Gasteiger partial charge in [0.15, 0.2) is 11.5 Å². The van der Waals surface area contributed by atoms with Crippen LogP contribution in [0.25, 0.3) is 0 Å². The molecule has 0 radical (unpaired) electrons. The van der Waals surface area contributed by atoms with E-state index in [1.165, 1.54) is 33.5 Å². The minimum absolute atomic E-state index is 0. The molecular weight excluding hydrogens is 299 g/mol. The molecule has 2 N–H and O–H groups in total. The molecule has 0 aliphatic carbocycles. The minimum atomic E-state index is -4.33. The SMILES string of the molecule is COc1cc([C@H](N)CC(F)(F)F)cc(OC)c1OC.Cl. The molecule has 0 fully saturated rings. The van der Waals surface area contributed by atoms with Crippen LogP contribution in [0.3, 0.4) is 0 Å². The zero-order chi connectivity index (χ0) is 14.6. The third-order valence-corrected chi connectivity index (χ3v) is 2.57. The maximum absolute atomic E-state index is 12.3. The third kappa shape index (κ3) is 4.64. The molecule has 0 aliphatic rings. The maximum atomic E-state index is 12.3. The van der Waals surface area contributed by atoms with Crippen LogP contribution in [-0.4, -0.2) is 27.5 Å². The van der Waals surface area contributed by atoms with E-state index in [9.17, 15) is 13.2 Å². The van der Waals surface area contributed by atoms with Crippen molar-refractivity contribution in [1.29, 1.82) is 0 Å². The Morgan fingerprint density at radius 2 is 1.50 bits per heavy atom. The van der Waals surface area contributed by atoms with Crippen LogP contribution < -0.4 is 19.9 Å². The zero-order valence-corrected chi connectivity index (χ0v) is 12.1. The number of hydrogen-bond donors (Lipinski definition) is 1. The second-order valence-corrected chi connectivity index (χ2v) is 3.88. The highest BCUT2D eigenvalue weighted by Crippen LogP contribution is 2.40. The summed E-state index contributed by atoms with van der Waals surface area (Å²) in [6.45, 7) is 0. The van der Waals surface area contributed by atoms with Crippen molar-refractivity contribution in [2.75, 3.05) is 21.3 Å². The monoisotopic (exact) mass is 315 g/mol. The first-order valence-corrected chi connectivity index (χ1v) is 5.44. The van der Waals surface area contributed by atoms with E-state index >= 15 is 0 Å². The van der Waals surface area contributed by atoms with Crippen LogP contribution in [0, 0.1) is 0 Å². The van der Waals surface area contributed by atoms with E-state index in [1.54, 1.807) is 0 Å². The number of hydrogen-bond acceptors (Lipinski definition) is 4. The first-order chi connectivity index (χ1) is 8.82. The van der Waals surface area contributed by atoms with Crippen LogP contribution in [-0.2, 0) is 0 Å². The van der Waals surface area contributed by atoms with Crippen molar-refractivity contribution >= 4 is 12.4 Å². The largest absolute Gasteiger partial charge is 0.493 e. The van der Waals surface area contributed by atoms with E-state index in [-0.39, 0.29) is 29.5 Å². The zero-order valence-electron chi connectivity index (χ0n) is 11.3. The average Bonchev–Trinajstić information content (AvgIpc) is 2.34. The molecule has 8 heteroatoms. The van der Waals surface area contributed by atoms with Crippen LogP contribution in [0.1, 0.15) is 18.0 Å². The molecule has 4 nitrogen and oxygen atoms in total. The van der Waals surface area contributed by atoms with E-state index < -0.39 is 18.6 Å². The lowest BCUT2D eigenvalue weighted by Gasteiger charge is -2.18. The van der Waals surface area contributed by atoms with Gasteiger partial charge in [-0.3, -0.25) is 0 Å². The lowest BCUT2D eigenvalue weighted by Crippen LogP contribution is -2.20. The summed E-state index contributed by atoms with van der Waals surface area (Å²) in [6.07, 6.45) is -5.45. The van der Waals surface area contributed by atoms with Gasteiger partial charge in [0.05, 0.1) is 27.8 Å². The van der Waals surface area contributed by atoms with Gasteiger partial charge in [0.1, 0.15) is 0 Å². The Balaban J connectivity index is 0.00000361. The van der Waals surface area contributed by atoms with Gasteiger partial charge in [0, 0.05) is 6.04 Å². The van der Waals surface area contributed by atoms with E-state index in [0.29, 0.717) is 5.75 Å². The first-order valence-electron chi connectivity index (χ1n) is 5.44. The molecule has 0 spiro atoms. The molecule has 0 bridgehead atoms. The van der Waals surface area contributed by atoms with Crippen LogP contribution in [0.5, 0.6) is 17.2 Å². The summed E-state index contributed by atoms with van der Waals surface area (Å²) in [5.74, 6) is 0.858. The summed E-state index contributed by atoms with van der Waals surface area (Å²) in [5.41, 5.74) is 5.82. The summed E-state index contributed by atoms with van der Waals surface area (Å²) in [7, 11) is 4.18. The van der Waals surface area contributed by atoms with Gasteiger partial charge in [0.25, 0.3) is 0 Å². The Kier molecular flexibility index (Phi) is 6.95. The molecular formula is C12H17ClF3NO3. The number of halogens is 4. The lowest BCUT2D eigenvalue weighted by atomic mass is 10.0. The van der Waals surface area contributed by atoms with Crippen molar-refractivity contribution in [3.8, 4) is 17.2 Å². The highest BCUT2D eigenvalue weighted by Gasteiger charge is 2.31. The van der Waals surface area contributed by atoms with Crippen molar-refractivity contribution in [3.63, 3.8) is 0 Å². The summed E-state index contributed by atoms with van der Waals surface area (Å²) in [4.78, 5) is 0. The predicted molar refractivity (Wildman–Crippen MR) is 70.9 cm³/mol. The van der Waals surface area contributed by atoms with Gasteiger partial charge in [-0.2, -0.15) is 13.2 Å². The number of methoxy groups -OCH3 is 3. The topological polar surface area (TPSA) is 53.7 Å². The van der Waals surface area contributed by atoms with E-state index in [0.717, 1.165) is 0 Å². The molecule has 0 aromatic heterocycles. The van der Waals surface area contributed by atoms with Gasteiger partial charge in [-0.05, 0) is 17.7 Å². The summed E-state index contributed by atoms with van der Waals surface area (Å²) >= 11 is 0. The lowest BCUT2D eigenvalue weighted by molar-refractivity contribution is -0.138. The molecule has 1 aromatic rings. The number of rotatable bonds is 5. The van der Waals surface area contributed by atoms with Gasteiger partial charge in [-0.1, -0.05) is 0 Å². The maximum Gasteiger partial charge on any atom is 0.390 e. The van der Waals surface area contributed by atoms with Gasteiger partial charge >= 0.3 is 6.18 Å². The molecule has 116 valence electrons. The summed E-state index contributed by atoms with van der Waals surface area (Å²) < 4.78 is 52.2. The summed E-state index contributed by atoms with van der Waals surface area (Å²) in [6, 6.07) is 1.64. The standard InChI is InChI=1S/C12H16F3NO3.ClH/c1-17-9-4-7(8(16)6-12(13,14)15)5-10(18-2)11(9)19-3;/h4-5,8H,6,16H2,1-3H3;1H/t8-;/m1./s1. The van der Waals surface area contributed by atoms with Crippen LogP contribution in [0.15, 0.2) is 12.1 Å². The average molecular weight is 316 g/mol. The molecule has 0 unspecified atom stereocenters. The van der Waals surface area contributed by atoms with E-state index in [2.05, 4.69) is 0 Å². The molecule has 0 saturated heterocycles. The van der Waals surface area contributed by atoms with Crippen LogP contribution in [0.2, 0.25) is 0 Å². The Hall–Kier alpha value is -1.34. The van der Waals surface area contributed by atoms with Crippen molar-refractivity contribution in [2.45, 2.75) is 18.6 Å². The molecule has 1 aromatic carbocycles.